The fourth-order valence-corrected chi connectivity index (χ4v) is 7.63. The van der Waals surface area contributed by atoms with Crippen LogP contribution in [0.2, 0.25) is 0 Å². The topological polar surface area (TPSA) is 21.7 Å². The van der Waals surface area contributed by atoms with E-state index in [2.05, 4.69) is 181 Å². The lowest BCUT2D eigenvalue weighted by atomic mass is 9.94. The minimum absolute atomic E-state index is 0.659. The lowest BCUT2D eigenvalue weighted by molar-refractivity contribution is 0.439. The van der Waals surface area contributed by atoms with Gasteiger partial charge in [0.05, 0.1) is 11.1 Å². The number of rotatable bonds is 7. The van der Waals surface area contributed by atoms with E-state index >= 15 is 0 Å². The maximum atomic E-state index is 6.66. The first-order valence-corrected chi connectivity index (χ1v) is 18.6. The summed E-state index contributed by atoms with van der Waals surface area (Å²) in [4.78, 5) is 2.29. The predicted octanol–water partition coefficient (Wildman–Crippen LogP) is 14.9. The monoisotopic (exact) mass is 705 g/mol. The number of fused-ring (bicyclic) bond motifs is 1. The standard InChI is InChI=1S/C52H35NO2/c1-3-12-36(13-4-1)37-24-26-38(27-25-37)39-28-30-43(31-29-39)53(44-19-9-18-42(34-44)47-21-8-7-20-46(47)40-14-5-2-6-15-40)45-32-33-48-51(35-45)55-50-23-11-17-41-16-10-22-49(54-48)52(41)50/h1-35H. The van der Waals surface area contributed by atoms with Gasteiger partial charge in [-0.2, -0.15) is 0 Å². The molecule has 0 aliphatic carbocycles. The van der Waals surface area contributed by atoms with Crippen molar-refractivity contribution in [2.45, 2.75) is 0 Å². The lowest BCUT2D eigenvalue weighted by Crippen LogP contribution is -2.10. The Morgan fingerprint density at radius 2 is 0.745 bits per heavy atom. The van der Waals surface area contributed by atoms with E-state index in [-0.39, 0.29) is 0 Å². The molecule has 0 fully saturated rings. The largest absolute Gasteiger partial charge is 0.453 e. The smallest absolute Gasteiger partial charge is 0.172 e. The van der Waals surface area contributed by atoms with Crippen molar-refractivity contribution in [1.29, 1.82) is 0 Å². The number of nitrogens with zero attached hydrogens (tertiary/aromatic N) is 1. The molecule has 0 saturated carbocycles. The Bertz CT molecular complexity index is 2790. The van der Waals surface area contributed by atoms with Gasteiger partial charge in [-0.1, -0.05) is 158 Å². The highest BCUT2D eigenvalue weighted by Gasteiger charge is 2.22. The van der Waals surface area contributed by atoms with E-state index in [1.54, 1.807) is 0 Å². The van der Waals surface area contributed by atoms with E-state index in [4.69, 9.17) is 9.47 Å². The number of hydrogen-bond acceptors (Lipinski definition) is 3. The maximum Gasteiger partial charge on any atom is 0.172 e. The zero-order valence-corrected chi connectivity index (χ0v) is 30.0. The van der Waals surface area contributed by atoms with Crippen molar-refractivity contribution < 1.29 is 9.47 Å². The fraction of sp³-hybridized carbons (Fsp3) is 0. The van der Waals surface area contributed by atoms with Crippen molar-refractivity contribution in [1.82, 2.24) is 0 Å². The van der Waals surface area contributed by atoms with E-state index in [1.165, 1.54) is 33.4 Å². The van der Waals surface area contributed by atoms with Gasteiger partial charge in [-0.05, 0) is 98.4 Å². The molecule has 3 nitrogen and oxygen atoms in total. The fourth-order valence-electron chi connectivity index (χ4n) is 7.63. The molecule has 1 aliphatic rings. The molecule has 0 spiro atoms. The molecule has 0 saturated heterocycles. The van der Waals surface area contributed by atoms with Gasteiger partial charge in [-0.15, -0.1) is 0 Å². The predicted molar refractivity (Wildman–Crippen MR) is 227 cm³/mol. The zero-order valence-electron chi connectivity index (χ0n) is 30.0. The van der Waals surface area contributed by atoms with Crippen molar-refractivity contribution in [3.05, 3.63) is 212 Å². The number of hydrogen-bond donors (Lipinski definition) is 0. The molecule has 0 radical (unpaired) electrons. The minimum atomic E-state index is 0.659. The molecule has 0 aromatic heterocycles. The van der Waals surface area contributed by atoms with Crippen LogP contribution in [0.25, 0.3) is 55.3 Å². The van der Waals surface area contributed by atoms with Crippen LogP contribution in [0.5, 0.6) is 23.0 Å². The summed E-state index contributed by atoms with van der Waals surface area (Å²) in [6.45, 7) is 0. The van der Waals surface area contributed by atoms with Gasteiger partial charge in [0.15, 0.2) is 11.5 Å². The van der Waals surface area contributed by atoms with Crippen molar-refractivity contribution in [2.75, 3.05) is 4.90 Å². The molecule has 260 valence electrons. The van der Waals surface area contributed by atoms with Crippen LogP contribution in [0.3, 0.4) is 0 Å². The minimum Gasteiger partial charge on any atom is -0.453 e. The van der Waals surface area contributed by atoms with Gasteiger partial charge in [-0.3, -0.25) is 0 Å². The molecule has 0 amide bonds. The highest BCUT2D eigenvalue weighted by molar-refractivity contribution is 5.95. The molecule has 0 bridgehead atoms. The highest BCUT2D eigenvalue weighted by atomic mass is 16.5. The van der Waals surface area contributed by atoms with Gasteiger partial charge >= 0.3 is 0 Å². The molecule has 9 aromatic carbocycles. The summed E-state index contributed by atoms with van der Waals surface area (Å²) < 4.78 is 13.2. The summed E-state index contributed by atoms with van der Waals surface area (Å²) in [7, 11) is 0. The molecule has 10 rings (SSSR count). The van der Waals surface area contributed by atoms with Crippen molar-refractivity contribution in [2.24, 2.45) is 0 Å². The third-order valence-corrected chi connectivity index (χ3v) is 10.3. The molecular weight excluding hydrogens is 671 g/mol. The third kappa shape index (κ3) is 6.18. The average molecular weight is 706 g/mol. The Morgan fingerprint density at radius 1 is 0.273 bits per heavy atom. The van der Waals surface area contributed by atoms with Crippen LogP contribution in [0.1, 0.15) is 0 Å². The Kier molecular flexibility index (Phi) is 8.16. The van der Waals surface area contributed by atoms with E-state index in [0.717, 1.165) is 50.5 Å². The summed E-state index contributed by atoms with van der Waals surface area (Å²) >= 11 is 0. The molecule has 1 aliphatic heterocycles. The number of benzene rings is 9. The molecule has 0 N–H and O–H groups in total. The molecular formula is C52H35NO2. The van der Waals surface area contributed by atoms with Gasteiger partial charge < -0.3 is 14.4 Å². The Labute approximate surface area is 320 Å². The first kappa shape index (κ1) is 32.3. The van der Waals surface area contributed by atoms with Crippen LogP contribution in [0.4, 0.5) is 17.1 Å². The SMILES string of the molecule is c1ccc(-c2ccc(-c3ccc(N(c4cccc(-c5ccccc5-c5ccccc5)c4)c4ccc5c(c4)Oc4cccc6cccc(c46)O5)cc3)cc2)cc1. The average Bonchev–Trinajstić information content (AvgIpc) is 3.42. The van der Waals surface area contributed by atoms with E-state index < -0.39 is 0 Å². The van der Waals surface area contributed by atoms with Gasteiger partial charge in [0.1, 0.15) is 11.5 Å². The summed E-state index contributed by atoms with van der Waals surface area (Å²) in [5.41, 5.74) is 12.4. The van der Waals surface area contributed by atoms with Gasteiger partial charge in [-0.25, -0.2) is 0 Å². The first-order valence-electron chi connectivity index (χ1n) is 18.6. The molecule has 1 heterocycles. The molecule has 3 heteroatoms. The van der Waals surface area contributed by atoms with Gasteiger partial charge in [0.2, 0.25) is 0 Å². The quantitative estimate of drug-likeness (QED) is 0.165. The second kappa shape index (κ2) is 13.9. The van der Waals surface area contributed by atoms with Crippen LogP contribution in [0, 0.1) is 0 Å². The first-order chi connectivity index (χ1) is 27.2. The van der Waals surface area contributed by atoms with Crippen LogP contribution in [0.15, 0.2) is 212 Å². The molecule has 0 atom stereocenters. The summed E-state index contributed by atoms with van der Waals surface area (Å²) in [6.07, 6.45) is 0. The number of ether oxygens (including phenoxy) is 2. The lowest BCUT2D eigenvalue weighted by Gasteiger charge is -2.27. The van der Waals surface area contributed by atoms with E-state index in [1.807, 2.05) is 36.4 Å². The Morgan fingerprint density at radius 3 is 1.40 bits per heavy atom. The highest BCUT2D eigenvalue weighted by Crippen LogP contribution is 2.48. The zero-order chi connectivity index (χ0) is 36.6. The normalized spacial score (nSPS) is 11.6. The molecule has 9 aromatic rings. The van der Waals surface area contributed by atoms with E-state index in [9.17, 15) is 0 Å². The Hall–Kier alpha value is -7.36. The van der Waals surface area contributed by atoms with Crippen LogP contribution >= 0.6 is 0 Å². The summed E-state index contributed by atoms with van der Waals surface area (Å²) in [5, 5.41) is 2.05. The van der Waals surface area contributed by atoms with E-state index in [0.29, 0.717) is 11.5 Å². The third-order valence-electron chi connectivity index (χ3n) is 10.3. The number of anilines is 3. The second-order valence-corrected chi connectivity index (χ2v) is 13.7. The second-order valence-electron chi connectivity index (χ2n) is 13.7. The van der Waals surface area contributed by atoms with Crippen molar-refractivity contribution >= 4 is 27.8 Å². The van der Waals surface area contributed by atoms with Crippen LogP contribution in [-0.4, -0.2) is 0 Å². The Balaban J connectivity index is 1.07. The molecule has 0 unspecified atom stereocenters. The molecule has 55 heavy (non-hydrogen) atoms. The van der Waals surface area contributed by atoms with Crippen molar-refractivity contribution in [3.63, 3.8) is 0 Å². The van der Waals surface area contributed by atoms with Gasteiger partial charge in [0.25, 0.3) is 0 Å². The summed E-state index contributed by atoms with van der Waals surface area (Å²) in [6, 6.07) is 74.5. The van der Waals surface area contributed by atoms with Gasteiger partial charge in [0, 0.05) is 17.4 Å². The van der Waals surface area contributed by atoms with Crippen LogP contribution < -0.4 is 14.4 Å². The maximum absolute atomic E-state index is 6.66. The van der Waals surface area contributed by atoms with Crippen LogP contribution in [-0.2, 0) is 0 Å². The summed E-state index contributed by atoms with van der Waals surface area (Å²) in [5.74, 6) is 2.89. The van der Waals surface area contributed by atoms with Crippen molar-refractivity contribution in [3.8, 4) is 67.5 Å².